The van der Waals surface area contributed by atoms with Crippen LogP contribution in [0.15, 0.2) is 93.1 Å². The summed E-state index contributed by atoms with van der Waals surface area (Å²) in [5.74, 6) is -3.73. The summed E-state index contributed by atoms with van der Waals surface area (Å²) in [4.78, 5) is 59.1. The van der Waals surface area contributed by atoms with Crippen LogP contribution in [0.2, 0.25) is 0 Å². The van der Waals surface area contributed by atoms with Crippen LogP contribution in [-0.2, 0) is 19.2 Å². The Morgan fingerprint density at radius 2 is 0.861 bits per heavy atom. The van der Waals surface area contributed by atoms with Crippen molar-refractivity contribution >= 4 is 35.7 Å². The molecule has 0 aromatic heterocycles. The van der Waals surface area contributed by atoms with Crippen LogP contribution in [0.25, 0.3) is 6.08 Å². The van der Waals surface area contributed by atoms with Crippen molar-refractivity contribution in [2.75, 3.05) is 0 Å². The van der Waals surface area contributed by atoms with Gasteiger partial charge in [0.25, 0.3) is 0 Å². The molecule has 9 nitrogen and oxygen atoms in total. The van der Waals surface area contributed by atoms with Crippen molar-refractivity contribution in [3.8, 4) is 23.0 Å². The molecule has 0 aliphatic heterocycles. The van der Waals surface area contributed by atoms with Gasteiger partial charge in [0.05, 0.1) is 0 Å². The van der Waals surface area contributed by atoms with Crippen molar-refractivity contribution in [2.45, 2.75) is 0 Å². The van der Waals surface area contributed by atoms with Crippen molar-refractivity contribution in [1.82, 2.24) is 0 Å². The van der Waals surface area contributed by atoms with E-state index in [1.165, 1.54) is 42.5 Å². The van der Waals surface area contributed by atoms with E-state index in [2.05, 4.69) is 26.3 Å². The summed E-state index contributed by atoms with van der Waals surface area (Å²) in [6.45, 7) is 13.2. The number of ketones is 1. The first-order valence-corrected chi connectivity index (χ1v) is 10.1. The van der Waals surface area contributed by atoms with Gasteiger partial charge < -0.3 is 18.9 Å². The molecule has 0 atom stereocenters. The molecule has 2 aromatic carbocycles. The molecule has 2 aromatic rings. The number of hydrogen-bond donors (Lipinski definition) is 0. The van der Waals surface area contributed by atoms with Crippen LogP contribution in [0.5, 0.6) is 23.0 Å². The Morgan fingerprint density at radius 1 is 0.528 bits per heavy atom. The molecule has 0 aliphatic rings. The molecule has 0 unspecified atom stereocenters. The van der Waals surface area contributed by atoms with E-state index in [-0.39, 0.29) is 28.6 Å². The predicted molar refractivity (Wildman–Crippen MR) is 130 cm³/mol. The number of allylic oxidation sites excluding steroid dienone is 1. The summed E-state index contributed by atoms with van der Waals surface area (Å²) in [7, 11) is 0. The van der Waals surface area contributed by atoms with Crippen LogP contribution in [0.4, 0.5) is 0 Å². The van der Waals surface area contributed by atoms with Crippen molar-refractivity contribution in [3.63, 3.8) is 0 Å². The summed E-state index contributed by atoms with van der Waals surface area (Å²) in [6, 6.07) is 7.88. The second-order valence-electron chi connectivity index (χ2n) is 6.63. The van der Waals surface area contributed by atoms with Gasteiger partial charge in [0.15, 0.2) is 5.78 Å². The molecule has 0 saturated carbocycles. The molecule has 0 saturated heterocycles. The number of hydrogen-bond acceptors (Lipinski definition) is 9. The summed E-state index contributed by atoms with van der Waals surface area (Å²) < 4.78 is 20.2. The molecule has 0 aliphatic carbocycles. The van der Waals surface area contributed by atoms with Crippen LogP contribution < -0.4 is 18.9 Å². The van der Waals surface area contributed by atoms with E-state index in [0.29, 0.717) is 5.56 Å². The van der Waals surface area contributed by atoms with Gasteiger partial charge in [0, 0.05) is 42.0 Å². The minimum atomic E-state index is -0.788. The van der Waals surface area contributed by atoms with E-state index in [1.54, 1.807) is 0 Å². The average molecular weight is 488 g/mol. The van der Waals surface area contributed by atoms with Gasteiger partial charge in [-0.05, 0) is 35.9 Å². The molecule has 0 fully saturated rings. The van der Waals surface area contributed by atoms with Crippen LogP contribution in [0, 0.1) is 0 Å². The molecule has 0 amide bonds. The van der Waals surface area contributed by atoms with Gasteiger partial charge in [-0.2, -0.15) is 0 Å². The van der Waals surface area contributed by atoms with E-state index in [1.807, 2.05) is 0 Å². The first kappa shape index (κ1) is 26.9. The van der Waals surface area contributed by atoms with Crippen LogP contribution in [0.3, 0.4) is 0 Å². The van der Waals surface area contributed by atoms with Crippen LogP contribution in [-0.4, -0.2) is 29.7 Å². The third-order valence-electron chi connectivity index (χ3n) is 4.03. The van der Waals surface area contributed by atoms with E-state index in [0.717, 1.165) is 30.4 Å². The van der Waals surface area contributed by atoms with E-state index >= 15 is 0 Å². The van der Waals surface area contributed by atoms with Crippen molar-refractivity contribution in [1.29, 1.82) is 0 Å². The lowest BCUT2D eigenvalue weighted by Gasteiger charge is -2.08. The Hall–Kier alpha value is -5.31. The second-order valence-corrected chi connectivity index (χ2v) is 6.63. The molecule has 182 valence electrons. The fourth-order valence-electron chi connectivity index (χ4n) is 2.54. The van der Waals surface area contributed by atoms with Gasteiger partial charge in [-0.1, -0.05) is 32.4 Å². The minimum absolute atomic E-state index is 0.0139. The zero-order chi connectivity index (χ0) is 26.7. The third-order valence-corrected chi connectivity index (χ3v) is 4.03. The van der Waals surface area contributed by atoms with Gasteiger partial charge in [-0.3, -0.25) is 4.79 Å². The van der Waals surface area contributed by atoms with Crippen molar-refractivity contribution < 1.29 is 42.9 Å². The van der Waals surface area contributed by atoms with Crippen LogP contribution in [0.1, 0.15) is 15.9 Å². The van der Waals surface area contributed by atoms with Crippen molar-refractivity contribution in [2.24, 2.45) is 0 Å². The SMILES string of the molecule is C=CC(=O)Oc1cc(/C=C/C(=O)c2cc(OC(=O)C=C)cc(OC(=O)C=C)c2)cc(OC(=O)C=C)c1. The molecular formula is C27H20O9. The lowest BCUT2D eigenvalue weighted by molar-refractivity contribution is -0.130. The maximum Gasteiger partial charge on any atom is 0.335 e. The summed E-state index contributed by atoms with van der Waals surface area (Å²) in [5.41, 5.74) is 0.345. The fraction of sp³-hybridized carbons (Fsp3) is 0. The molecule has 2 rings (SSSR count). The number of ether oxygens (including phenoxy) is 4. The smallest absolute Gasteiger partial charge is 0.335 e. The summed E-state index contributed by atoms with van der Waals surface area (Å²) >= 11 is 0. The molecular weight excluding hydrogens is 468 g/mol. The summed E-state index contributed by atoms with van der Waals surface area (Å²) in [5, 5.41) is 0. The normalized spacial score (nSPS) is 10.0. The fourth-order valence-corrected chi connectivity index (χ4v) is 2.54. The monoisotopic (exact) mass is 488 g/mol. The van der Waals surface area contributed by atoms with E-state index in [4.69, 9.17) is 18.9 Å². The van der Waals surface area contributed by atoms with E-state index < -0.39 is 29.7 Å². The first-order valence-electron chi connectivity index (χ1n) is 10.1. The highest BCUT2D eigenvalue weighted by Gasteiger charge is 2.13. The Morgan fingerprint density at radius 3 is 1.19 bits per heavy atom. The lowest BCUT2D eigenvalue weighted by atomic mass is 10.1. The Labute approximate surface area is 206 Å². The Bertz CT molecular complexity index is 1220. The van der Waals surface area contributed by atoms with Crippen LogP contribution >= 0.6 is 0 Å². The molecule has 0 radical (unpaired) electrons. The maximum atomic E-state index is 12.8. The highest BCUT2D eigenvalue weighted by molar-refractivity contribution is 6.07. The predicted octanol–water partition coefficient (Wildman–Crippen LogP) is 3.95. The Kier molecular flexibility index (Phi) is 9.58. The average Bonchev–Trinajstić information content (AvgIpc) is 2.86. The number of rotatable bonds is 11. The van der Waals surface area contributed by atoms with Gasteiger partial charge in [0.2, 0.25) is 0 Å². The van der Waals surface area contributed by atoms with Gasteiger partial charge in [0.1, 0.15) is 23.0 Å². The molecule has 36 heavy (non-hydrogen) atoms. The highest BCUT2D eigenvalue weighted by Crippen LogP contribution is 2.26. The standard InChI is InChI=1S/C27H20O9/c1-5-24(29)33-19-11-17(12-20(15-19)34-25(30)6-2)9-10-23(28)18-13-21(35-26(31)7-3)16-22(14-18)36-27(32)8-4/h5-16H,1-4H2/b10-9+. The number of esters is 4. The maximum absolute atomic E-state index is 12.8. The quantitative estimate of drug-likeness (QED) is 0.200. The van der Waals surface area contributed by atoms with Gasteiger partial charge >= 0.3 is 23.9 Å². The van der Waals surface area contributed by atoms with Gasteiger partial charge in [-0.15, -0.1) is 0 Å². The molecule has 9 heteroatoms. The highest BCUT2D eigenvalue weighted by atomic mass is 16.6. The molecule has 0 spiro atoms. The molecule has 0 heterocycles. The molecule has 0 bridgehead atoms. The molecule has 0 N–H and O–H groups in total. The number of carbonyl (C=O) groups is 5. The Balaban J connectivity index is 2.42. The number of benzene rings is 2. The summed E-state index contributed by atoms with van der Waals surface area (Å²) in [6.07, 6.45) is 6.26. The first-order chi connectivity index (χ1) is 17.2. The number of carbonyl (C=O) groups excluding carboxylic acids is 5. The topological polar surface area (TPSA) is 122 Å². The third kappa shape index (κ3) is 8.23. The second kappa shape index (κ2) is 12.8. The lowest BCUT2D eigenvalue weighted by Crippen LogP contribution is -2.07. The van der Waals surface area contributed by atoms with Crippen molar-refractivity contribution in [3.05, 3.63) is 104 Å². The largest absolute Gasteiger partial charge is 0.423 e. The zero-order valence-corrected chi connectivity index (χ0v) is 18.9. The van der Waals surface area contributed by atoms with Gasteiger partial charge in [-0.25, -0.2) is 19.2 Å². The zero-order valence-electron chi connectivity index (χ0n) is 18.9. The van der Waals surface area contributed by atoms with E-state index in [9.17, 15) is 24.0 Å². The minimum Gasteiger partial charge on any atom is -0.423 e.